The highest BCUT2D eigenvalue weighted by molar-refractivity contribution is 8.00. The van der Waals surface area contributed by atoms with Crippen LogP contribution in [0, 0.1) is 0 Å². The number of halogens is 3. The van der Waals surface area contributed by atoms with E-state index in [1.165, 1.54) is 0 Å². The molecule has 1 rings (SSSR count). The molecule has 1 atom stereocenters. The minimum atomic E-state index is -4.28. The Morgan fingerprint density at radius 1 is 1.35 bits per heavy atom. The van der Waals surface area contributed by atoms with E-state index >= 15 is 0 Å². The third-order valence-corrected chi connectivity index (χ3v) is 3.04. The van der Waals surface area contributed by atoms with Crippen LogP contribution in [0.15, 0.2) is 24.3 Å². The number of hydrogen-bond acceptors (Lipinski definition) is 3. The van der Waals surface area contributed by atoms with E-state index in [0.717, 1.165) is 0 Å². The van der Waals surface area contributed by atoms with Crippen molar-refractivity contribution in [3.8, 4) is 0 Å². The Morgan fingerprint density at radius 3 is 2.45 bits per heavy atom. The van der Waals surface area contributed by atoms with Crippen molar-refractivity contribution in [2.75, 3.05) is 17.6 Å². The van der Waals surface area contributed by atoms with E-state index in [0.29, 0.717) is 11.3 Å². The molecule has 0 saturated carbocycles. The Bertz CT molecular complexity index is 435. The molecule has 0 heterocycles. The average Bonchev–Trinajstić information content (AvgIpc) is 2.34. The van der Waals surface area contributed by atoms with E-state index in [1.54, 1.807) is 31.2 Å². The molecular weight excluding hydrogens is 293 g/mol. The largest absolute Gasteiger partial charge is 0.441 e. The van der Waals surface area contributed by atoms with Crippen molar-refractivity contribution < 1.29 is 23.1 Å². The van der Waals surface area contributed by atoms with Gasteiger partial charge in [-0.15, -0.1) is 0 Å². The summed E-state index contributed by atoms with van der Waals surface area (Å²) in [4.78, 5) is 11.4. The third-order valence-electron chi connectivity index (χ3n) is 2.30. The van der Waals surface area contributed by atoms with Gasteiger partial charge in [-0.25, -0.2) is 4.79 Å². The lowest BCUT2D eigenvalue weighted by Gasteiger charge is -2.10. The van der Waals surface area contributed by atoms with Crippen molar-refractivity contribution in [1.82, 2.24) is 5.32 Å². The summed E-state index contributed by atoms with van der Waals surface area (Å²) in [6, 6.07) is 5.94. The van der Waals surface area contributed by atoms with E-state index < -0.39 is 17.6 Å². The van der Waals surface area contributed by atoms with Crippen LogP contribution < -0.4 is 10.6 Å². The van der Waals surface area contributed by atoms with Gasteiger partial charge in [0.05, 0.1) is 6.10 Å². The molecule has 20 heavy (non-hydrogen) atoms. The highest BCUT2D eigenvalue weighted by Crippen LogP contribution is 2.29. The van der Waals surface area contributed by atoms with Gasteiger partial charge < -0.3 is 15.7 Å². The Hall–Kier alpha value is -1.41. The zero-order valence-electron chi connectivity index (χ0n) is 10.7. The molecule has 2 amide bonds. The van der Waals surface area contributed by atoms with E-state index in [4.69, 9.17) is 0 Å². The van der Waals surface area contributed by atoms with Gasteiger partial charge in [0, 0.05) is 18.0 Å². The predicted molar refractivity (Wildman–Crippen MR) is 72.6 cm³/mol. The zero-order chi connectivity index (χ0) is 15.2. The van der Waals surface area contributed by atoms with Gasteiger partial charge in [0.1, 0.15) is 0 Å². The fourth-order valence-electron chi connectivity index (χ4n) is 1.35. The Balaban J connectivity index is 2.32. The van der Waals surface area contributed by atoms with Crippen molar-refractivity contribution in [2.45, 2.75) is 18.5 Å². The minimum absolute atomic E-state index is 0.0816. The number of carbonyl (C=O) groups excluding carboxylic acids is 1. The first kappa shape index (κ1) is 16.6. The fourth-order valence-corrected chi connectivity index (χ4v) is 1.79. The Labute approximate surface area is 118 Å². The number of urea groups is 1. The van der Waals surface area contributed by atoms with Gasteiger partial charge in [-0.3, -0.25) is 0 Å². The van der Waals surface area contributed by atoms with Gasteiger partial charge in [-0.05, 0) is 36.4 Å². The molecular formula is C12H15F3N2O2S. The quantitative estimate of drug-likeness (QED) is 0.732. The van der Waals surface area contributed by atoms with Crippen molar-refractivity contribution in [3.05, 3.63) is 29.8 Å². The molecule has 0 aliphatic carbocycles. The zero-order valence-corrected chi connectivity index (χ0v) is 11.5. The Kier molecular flexibility index (Phi) is 6.15. The number of aliphatic hydroxyl groups is 1. The van der Waals surface area contributed by atoms with Crippen LogP contribution in [0.2, 0.25) is 0 Å². The maximum Gasteiger partial charge on any atom is 0.441 e. The van der Waals surface area contributed by atoms with E-state index in [2.05, 4.69) is 10.6 Å². The summed E-state index contributed by atoms with van der Waals surface area (Å²) in [5.41, 5.74) is -3.08. The molecule has 0 aliphatic heterocycles. The lowest BCUT2D eigenvalue weighted by atomic mass is 10.1. The normalized spacial score (nSPS) is 12.8. The molecule has 0 radical (unpaired) electrons. The first-order valence-corrected chi connectivity index (χ1v) is 6.80. The molecule has 1 unspecified atom stereocenters. The van der Waals surface area contributed by atoms with Crippen molar-refractivity contribution in [3.63, 3.8) is 0 Å². The number of benzene rings is 1. The summed E-state index contributed by atoms with van der Waals surface area (Å²) >= 11 is -0.183. The summed E-state index contributed by atoms with van der Waals surface area (Å²) in [5, 5.41) is 14.1. The second-order valence-corrected chi connectivity index (χ2v) is 5.13. The molecule has 0 aliphatic rings. The number of anilines is 1. The molecule has 0 fully saturated rings. The molecule has 0 spiro atoms. The average molecular weight is 308 g/mol. The predicted octanol–water partition coefficient (Wildman–Crippen LogP) is 3.11. The fraction of sp³-hybridized carbons (Fsp3) is 0.417. The monoisotopic (exact) mass is 308 g/mol. The highest BCUT2D eigenvalue weighted by Gasteiger charge is 2.27. The summed E-state index contributed by atoms with van der Waals surface area (Å²) < 4.78 is 35.5. The molecule has 0 bridgehead atoms. The van der Waals surface area contributed by atoms with Crippen LogP contribution in [0.4, 0.5) is 23.7 Å². The van der Waals surface area contributed by atoms with Gasteiger partial charge in [0.15, 0.2) is 0 Å². The van der Waals surface area contributed by atoms with Crippen molar-refractivity contribution >= 4 is 23.5 Å². The van der Waals surface area contributed by atoms with Crippen molar-refractivity contribution in [1.29, 1.82) is 0 Å². The summed E-state index contributed by atoms with van der Waals surface area (Å²) in [6.45, 7) is 1.54. The van der Waals surface area contributed by atoms with Gasteiger partial charge in [-0.2, -0.15) is 13.2 Å². The molecule has 4 nitrogen and oxygen atoms in total. The van der Waals surface area contributed by atoms with Gasteiger partial charge in [0.2, 0.25) is 0 Å². The standard InChI is InChI=1S/C12H15F3N2O2S/c1-8(18)9-2-4-10(5-3-9)17-11(19)16-6-7-20-12(13,14)15/h2-5,8,18H,6-7H2,1H3,(H2,16,17,19). The number of rotatable bonds is 5. The number of amides is 2. The second kappa shape index (κ2) is 7.39. The highest BCUT2D eigenvalue weighted by atomic mass is 32.2. The Morgan fingerprint density at radius 2 is 1.95 bits per heavy atom. The topological polar surface area (TPSA) is 61.4 Å². The smallest absolute Gasteiger partial charge is 0.389 e. The molecule has 112 valence electrons. The number of alkyl halides is 3. The van der Waals surface area contributed by atoms with Gasteiger partial charge in [0.25, 0.3) is 0 Å². The maximum atomic E-state index is 11.8. The summed E-state index contributed by atoms with van der Waals surface area (Å²) in [5.74, 6) is -0.238. The second-order valence-electron chi connectivity index (χ2n) is 3.97. The van der Waals surface area contributed by atoms with Crippen LogP contribution >= 0.6 is 11.8 Å². The summed E-state index contributed by atoms with van der Waals surface area (Å²) in [6.07, 6.45) is -0.600. The number of aliphatic hydroxyl groups excluding tert-OH is 1. The lowest BCUT2D eigenvalue weighted by molar-refractivity contribution is -0.0327. The maximum absolute atomic E-state index is 11.8. The van der Waals surface area contributed by atoms with Gasteiger partial charge in [-0.1, -0.05) is 12.1 Å². The molecule has 1 aromatic rings. The van der Waals surface area contributed by atoms with E-state index in [9.17, 15) is 23.1 Å². The first-order chi connectivity index (χ1) is 9.28. The third kappa shape index (κ3) is 6.67. The van der Waals surface area contributed by atoms with E-state index in [-0.39, 0.29) is 24.1 Å². The number of carbonyl (C=O) groups is 1. The van der Waals surface area contributed by atoms with Crippen molar-refractivity contribution in [2.24, 2.45) is 0 Å². The number of nitrogens with one attached hydrogen (secondary N) is 2. The molecule has 0 aromatic heterocycles. The van der Waals surface area contributed by atoms with Crippen LogP contribution in [-0.2, 0) is 0 Å². The van der Waals surface area contributed by atoms with E-state index in [1.807, 2.05) is 0 Å². The first-order valence-electron chi connectivity index (χ1n) is 5.81. The summed E-state index contributed by atoms with van der Waals surface area (Å²) in [7, 11) is 0. The molecule has 1 aromatic carbocycles. The van der Waals surface area contributed by atoms with Crippen LogP contribution in [0.5, 0.6) is 0 Å². The van der Waals surface area contributed by atoms with Crippen LogP contribution in [0.25, 0.3) is 0 Å². The SMILES string of the molecule is CC(O)c1ccc(NC(=O)NCCSC(F)(F)F)cc1. The molecule has 0 saturated heterocycles. The minimum Gasteiger partial charge on any atom is -0.389 e. The molecule has 8 heteroatoms. The van der Waals surface area contributed by atoms with Crippen LogP contribution in [-0.4, -0.2) is 28.9 Å². The molecule has 3 N–H and O–H groups in total. The number of hydrogen-bond donors (Lipinski definition) is 3. The van der Waals surface area contributed by atoms with Crippen LogP contribution in [0.3, 0.4) is 0 Å². The van der Waals surface area contributed by atoms with Gasteiger partial charge >= 0.3 is 11.5 Å². The number of thioether (sulfide) groups is 1. The van der Waals surface area contributed by atoms with Crippen LogP contribution in [0.1, 0.15) is 18.6 Å². The lowest BCUT2D eigenvalue weighted by Crippen LogP contribution is -2.31.